The fraction of sp³-hybridized carbons (Fsp3) is 0.750. The summed E-state index contributed by atoms with van der Waals surface area (Å²) in [5.41, 5.74) is 3.30. The molecule has 0 spiro atoms. The molecule has 1 aliphatic carbocycles. The molecule has 5 heteroatoms. The van der Waals surface area contributed by atoms with Gasteiger partial charge in [-0.3, -0.25) is 19.7 Å². The molecule has 2 aliphatic rings. The number of carbonyl (C=O) groups excluding carboxylic acids is 3. The van der Waals surface area contributed by atoms with E-state index in [4.69, 9.17) is 5.73 Å². The molecule has 5 nitrogen and oxygen atoms in total. The van der Waals surface area contributed by atoms with E-state index in [1.165, 1.54) is 0 Å². The number of rotatable bonds is 1. The second-order valence-electron chi connectivity index (χ2n) is 6.36. The predicted octanol–water partition coefficient (Wildman–Crippen LogP) is 0.331. The minimum Gasteiger partial charge on any atom is -0.369 e. The normalized spacial score (nSPS) is 45.4. The van der Waals surface area contributed by atoms with Gasteiger partial charge in [-0.1, -0.05) is 20.8 Å². The van der Waals surface area contributed by atoms with Gasteiger partial charge in [0, 0.05) is 16.2 Å². The largest absolute Gasteiger partial charge is 0.369 e. The minimum atomic E-state index is -0.783. The molecule has 0 radical (unpaired) electrons. The number of nitrogens with two attached hydrogens (primary N) is 1. The number of amides is 3. The van der Waals surface area contributed by atoms with Gasteiger partial charge in [0.2, 0.25) is 17.7 Å². The number of primary amides is 1. The Morgan fingerprint density at radius 1 is 1.06 bits per heavy atom. The molecule has 1 unspecified atom stereocenters. The van der Waals surface area contributed by atoms with E-state index < -0.39 is 22.2 Å². The van der Waals surface area contributed by atoms with Crippen LogP contribution in [0.25, 0.3) is 0 Å². The summed E-state index contributed by atoms with van der Waals surface area (Å²) in [6.07, 6.45) is 1.31. The number of carbonyl (C=O) groups is 3. The Morgan fingerprint density at radius 3 is 1.82 bits per heavy atom. The van der Waals surface area contributed by atoms with E-state index in [2.05, 4.69) is 5.32 Å². The van der Waals surface area contributed by atoms with Crippen LogP contribution in [-0.2, 0) is 14.4 Å². The molecule has 1 heterocycles. The summed E-state index contributed by atoms with van der Waals surface area (Å²) in [5, 5.41) is 2.41. The van der Waals surface area contributed by atoms with Crippen LogP contribution in [0.3, 0.4) is 0 Å². The van der Waals surface area contributed by atoms with Crippen LogP contribution in [0.5, 0.6) is 0 Å². The van der Waals surface area contributed by atoms with Gasteiger partial charge < -0.3 is 5.73 Å². The minimum absolute atomic E-state index is 0.285. The average molecular weight is 238 g/mol. The third kappa shape index (κ3) is 1.56. The van der Waals surface area contributed by atoms with Crippen molar-refractivity contribution in [2.45, 2.75) is 40.0 Å². The third-order valence-electron chi connectivity index (χ3n) is 4.26. The van der Waals surface area contributed by atoms with E-state index in [0.29, 0.717) is 19.3 Å². The Bertz CT molecular complexity index is 399. The van der Waals surface area contributed by atoms with Gasteiger partial charge in [0.05, 0.1) is 0 Å². The zero-order chi connectivity index (χ0) is 13.1. The lowest BCUT2D eigenvalue weighted by Gasteiger charge is -2.52. The highest BCUT2D eigenvalue weighted by molar-refractivity contribution is 6.04. The topological polar surface area (TPSA) is 89.3 Å². The molecule has 0 aromatic heterocycles. The Balaban J connectivity index is 2.48. The molecule has 94 valence electrons. The van der Waals surface area contributed by atoms with Crippen LogP contribution in [0, 0.1) is 16.2 Å². The van der Waals surface area contributed by atoms with Crippen molar-refractivity contribution < 1.29 is 14.4 Å². The first-order chi connectivity index (χ1) is 7.61. The SMILES string of the molecule is CC1(C(N)=O)C[C@@]2(C)C[C@@](C)(C1)C(=O)NC2=O. The Hall–Kier alpha value is -1.39. The van der Waals surface area contributed by atoms with Crippen LogP contribution < -0.4 is 11.1 Å². The fourth-order valence-corrected chi connectivity index (χ4v) is 3.67. The first-order valence-corrected chi connectivity index (χ1v) is 5.77. The van der Waals surface area contributed by atoms with E-state index in [-0.39, 0.29) is 11.8 Å². The number of fused-ring (bicyclic) bond motifs is 2. The molecule has 1 saturated heterocycles. The summed E-state index contributed by atoms with van der Waals surface area (Å²) in [4.78, 5) is 35.4. The van der Waals surface area contributed by atoms with Crippen LogP contribution in [-0.4, -0.2) is 17.7 Å². The summed E-state index contributed by atoms with van der Waals surface area (Å²) in [7, 11) is 0. The van der Waals surface area contributed by atoms with E-state index in [1.54, 1.807) is 20.8 Å². The monoisotopic (exact) mass is 238 g/mol. The van der Waals surface area contributed by atoms with Gasteiger partial charge in [-0.2, -0.15) is 0 Å². The van der Waals surface area contributed by atoms with Crippen molar-refractivity contribution in [3.05, 3.63) is 0 Å². The van der Waals surface area contributed by atoms with E-state index in [0.717, 1.165) is 0 Å². The molecule has 1 saturated carbocycles. The maximum Gasteiger partial charge on any atom is 0.232 e. The van der Waals surface area contributed by atoms with E-state index >= 15 is 0 Å². The first kappa shape index (κ1) is 12.1. The summed E-state index contributed by atoms with van der Waals surface area (Å²) < 4.78 is 0. The molecule has 2 bridgehead atoms. The smallest absolute Gasteiger partial charge is 0.232 e. The summed E-state index contributed by atoms with van der Waals surface area (Å²) in [5.74, 6) is -1.00. The lowest BCUT2D eigenvalue weighted by Crippen LogP contribution is -2.63. The number of hydrogen-bond acceptors (Lipinski definition) is 3. The van der Waals surface area contributed by atoms with Gasteiger partial charge in [-0.25, -0.2) is 0 Å². The summed E-state index contributed by atoms with van der Waals surface area (Å²) in [6, 6.07) is 0. The summed E-state index contributed by atoms with van der Waals surface area (Å²) >= 11 is 0. The van der Waals surface area contributed by atoms with Crippen molar-refractivity contribution in [3.8, 4) is 0 Å². The number of piperidine rings is 1. The van der Waals surface area contributed by atoms with E-state index in [1.807, 2.05) is 0 Å². The zero-order valence-corrected chi connectivity index (χ0v) is 10.4. The van der Waals surface area contributed by atoms with Gasteiger partial charge in [-0.05, 0) is 19.3 Å². The van der Waals surface area contributed by atoms with Crippen molar-refractivity contribution in [2.75, 3.05) is 0 Å². The van der Waals surface area contributed by atoms with E-state index in [9.17, 15) is 14.4 Å². The van der Waals surface area contributed by atoms with Crippen LogP contribution in [0.4, 0.5) is 0 Å². The van der Waals surface area contributed by atoms with Gasteiger partial charge in [-0.15, -0.1) is 0 Å². The second kappa shape index (κ2) is 3.09. The summed E-state index contributed by atoms with van der Waals surface area (Å²) in [6.45, 7) is 5.34. The van der Waals surface area contributed by atoms with Crippen molar-refractivity contribution >= 4 is 17.7 Å². The predicted molar refractivity (Wildman–Crippen MR) is 60.5 cm³/mol. The maximum absolute atomic E-state index is 11.9. The standard InChI is InChI=1S/C12H18N2O3/c1-10(7(13)15)4-11(2)6-12(3,5-10)9(17)14-8(11)16/h4-6H2,1-3H3,(H2,13,15)(H,14,16,17)/t10?,11-,12+. The van der Waals surface area contributed by atoms with Crippen LogP contribution in [0.1, 0.15) is 40.0 Å². The van der Waals surface area contributed by atoms with Crippen LogP contribution in [0.15, 0.2) is 0 Å². The molecule has 2 rings (SSSR count). The Labute approximate surface area is 100 Å². The van der Waals surface area contributed by atoms with Gasteiger partial charge in [0.1, 0.15) is 0 Å². The van der Waals surface area contributed by atoms with Crippen molar-refractivity contribution in [1.82, 2.24) is 5.32 Å². The molecule has 17 heavy (non-hydrogen) atoms. The molecular formula is C12H18N2O3. The zero-order valence-electron chi connectivity index (χ0n) is 10.4. The molecule has 3 N–H and O–H groups in total. The highest BCUT2D eigenvalue weighted by Crippen LogP contribution is 2.56. The molecule has 2 fully saturated rings. The maximum atomic E-state index is 11.9. The molecule has 0 aromatic carbocycles. The highest BCUT2D eigenvalue weighted by atomic mass is 16.2. The van der Waals surface area contributed by atoms with Gasteiger partial charge in [0.25, 0.3) is 0 Å². The molecule has 3 atom stereocenters. The third-order valence-corrected chi connectivity index (χ3v) is 4.26. The van der Waals surface area contributed by atoms with Gasteiger partial charge >= 0.3 is 0 Å². The second-order valence-corrected chi connectivity index (χ2v) is 6.36. The van der Waals surface area contributed by atoms with Crippen molar-refractivity contribution in [1.29, 1.82) is 0 Å². The highest BCUT2D eigenvalue weighted by Gasteiger charge is 2.60. The quantitative estimate of drug-likeness (QED) is 0.645. The fourth-order valence-electron chi connectivity index (χ4n) is 3.67. The number of nitrogens with one attached hydrogen (secondary N) is 1. The van der Waals surface area contributed by atoms with Crippen LogP contribution >= 0.6 is 0 Å². The van der Waals surface area contributed by atoms with Crippen LogP contribution in [0.2, 0.25) is 0 Å². The molecule has 3 amide bonds. The number of imide groups is 1. The Morgan fingerprint density at radius 2 is 1.47 bits per heavy atom. The lowest BCUT2D eigenvalue weighted by atomic mass is 9.52. The lowest BCUT2D eigenvalue weighted by molar-refractivity contribution is -0.163. The molecular weight excluding hydrogens is 220 g/mol. The van der Waals surface area contributed by atoms with Gasteiger partial charge in [0.15, 0.2) is 0 Å². The average Bonchev–Trinajstić information content (AvgIpc) is 2.13. The van der Waals surface area contributed by atoms with Crippen molar-refractivity contribution in [3.63, 3.8) is 0 Å². The Kier molecular flexibility index (Phi) is 2.19. The van der Waals surface area contributed by atoms with Crippen molar-refractivity contribution in [2.24, 2.45) is 22.0 Å². The molecule has 1 aliphatic heterocycles. The molecule has 0 aromatic rings. The first-order valence-electron chi connectivity index (χ1n) is 5.77. The number of hydrogen-bond donors (Lipinski definition) is 2.